The highest BCUT2D eigenvalue weighted by atomic mass is 19.1. The molecule has 0 saturated carbocycles. The third-order valence-electron chi connectivity index (χ3n) is 2.10. The highest BCUT2D eigenvalue weighted by Crippen LogP contribution is 2.13. The molecule has 1 aromatic rings. The van der Waals surface area contributed by atoms with E-state index < -0.39 is 5.82 Å². The molecular weight excluding hydrogens is 205 g/mol. The van der Waals surface area contributed by atoms with Gasteiger partial charge in [0, 0.05) is 18.8 Å². The van der Waals surface area contributed by atoms with E-state index in [4.69, 9.17) is 5.73 Å². The molecule has 0 amide bonds. The Balaban J connectivity index is 2.92. The number of benzene rings is 1. The van der Waals surface area contributed by atoms with Gasteiger partial charge < -0.3 is 5.73 Å². The Bertz CT molecular complexity index is 411. The Hall–Kier alpha value is -1.71. The second-order valence-electron chi connectivity index (χ2n) is 3.38. The molecule has 3 nitrogen and oxygen atoms in total. The summed E-state index contributed by atoms with van der Waals surface area (Å²) in [5.41, 5.74) is 6.17. The van der Waals surface area contributed by atoms with E-state index in [-0.39, 0.29) is 5.69 Å². The number of aliphatic imine (C=N–C) groups is 2. The molecule has 1 rings (SSSR count). The summed E-state index contributed by atoms with van der Waals surface area (Å²) >= 11 is 0. The summed E-state index contributed by atoms with van der Waals surface area (Å²) in [7, 11) is 1.63. The number of halogens is 1. The first-order valence-electron chi connectivity index (χ1n) is 5.23. The zero-order valence-corrected chi connectivity index (χ0v) is 9.57. The van der Waals surface area contributed by atoms with Crippen LogP contribution in [0.2, 0.25) is 0 Å². The zero-order valence-electron chi connectivity index (χ0n) is 9.57. The van der Waals surface area contributed by atoms with Crippen molar-refractivity contribution < 1.29 is 4.39 Å². The molecule has 0 fully saturated rings. The van der Waals surface area contributed by atoms with Crippen LogP contribution in [0.4, 0.5) is 10.1 Å². The first-order valence-corrected chi connectivity index (χ1v) is 5.23. The van der Waals surface area contributed by atoms with E-state index in [1.165, 1.54) is 12.1 Å². The topological polar surface area (TPSA) is 50.7 Å². The van der Waals surface area contributed by atoms with Gasteiger partial charge in [-0.1, -0.05) is 13.3 Å². The van der Waals surface area contributed by atoms with Gasteiger partial charge in [-0.2, -0.15) is 0 Å². The fourth-order valence-corrected chi connectivity index (χ4v) is 1.21. The van der Waals surface area contributed by atoms with Gasteiger partial charge >= 0.3 is 0 Å². The van der Waals surface area contributed by atoms with Gasteiger partial charge in [-0.15, -0.1) is 0 Å². The van der Waals surface area contributed by atoms with E-state index in [0.29, 0.717) is 11.4 Å². The fourth-order valence-electron chi connectivity index (χ4n) is 1.21. The van der Waals surface area contributed by atoms with Crippen LogP contribution >= 0.6 is 0 Å². The summed E-state index contributed by atoms with van der Waals surface area (Å²) in [6.45, 7) is 2.07. The molecule has 0 spiro atoms. The van der Waals surface area contributed by atoms with E-state index in [1.807, 2.05) is 0 Å². The molecule has 0 unspecified atom stereocenters. The van der Waals surface area contributed by atoms with Gasteiger partial charge in [-0.3, -0.25) is 4.99 Å². The van der Waals surface area contributed by atoms with E-state index in [9.17, 15) is 4.39 Å². The molecule has 86 valence electrons. The van der Waals surface area contributed by atoms with Crippen molar-refractivity contribution in [2.75, 3.05) is 12.8 Å². The van der Waals surface area contributed by atoms with Crippen LogP contribution in [0.5, 0.6) is 0 Å². The maximum Gasteiger partial charge on any atom is 0.154 e. The highest BCUT2D eigenvalue weighted by molar-refractivity contribution is 6.03. The van der Waals surface area contributed by atoms with Crippen molar-refractivity contribution in [3.63, 3.8) is 0 Å². The van der Waals surface area contributed by atoms with Crippen LogP contribution in [0.25, 0.3) is 0 Å². The van der Waals surface area contributed by atoms with E-state index in [2.05, 4.69) is 16.9 Å². The zero-order chi connectivity index (χ0) is 12.0. The van der Waals surface area contributed by atoms with Crippen molar-refractivity contribution in [2.24, 2.45) is 9.98 Å². The van der Waals surface area contributed by atoms with Crippen LogP contribution < -0.4 is 5.73 Å². The summed E-state index contributed by atoms with van der Waals surface area (Å²) < 4.78 is 13.2. The van der Waals surface area contributed by atoms with Gasteiger partial charge in [0.2, 0.25) is 0 Å². The Morgan fingerprint density at radius 1 is 1.50 bits per heavy atom. The number of nitrogen functional groups attached to an aromatic ring is 1. The molecule has 0 radical (unpaired) electrons. The van der Waals surface area contributed by atoms with Gasteiger partial charge in [-0.25, -0.2) is 9.38 Å². The largest absolute Gasteiger partial charge is 0.396 e. The summed E-state index contributed by atoms with van der Waals surface area (Å²) in [6, 6.07) is 4.58. The van der Waals surface area contributed by atoms with Crippen molar-refractivity contribution in [1.29, 1.82) is 0 Å². The number of rotatable bonds is 3. The van der Waals surface area contributed by atoms with Crippen LogP contribution in [0.3, 0.4) is 0 Å². The van der Waals surface area contributed by atoms with E-state index in [0.717, 1.165) is 12.8 Å². The lowest BCUT2D eigenvalue weighted by molar-refractivity contribution is 0.632. The maximum absolute atomic E-state index is 13.2. The van der Waals surface area contributed by atoms with Gasteiger partial charge in [0.1, 0.15) is 5.82 Å². The molecule has 16 heavy (non-hydrogen) atoms. The molecular formula is C12H16FN3. The lowest BCUT2D eigenvalue weighted by atomic mass is 10.2. The van der Waals surface area contributed by atoms with E-state index in [1.54, 1.807) is 19.3 Å². The van der Waals surface area contributed by atoms with Crippen molar-refractivity contribution in [2.45, 2.75) is 19.8 Å². The number of nitrogens with zero attached hydrogens (tertiary/aromatic N) is 2. The molecule has 0 heterocycles. The van der Waals surface area contributed by atoms with E-state index >= 15 is 0 Å². The van der Waals surface area contributed by atoms with Crippen LogP contribution in [-0.2, 0) is 0 Å². The fraction of sp³-hybridized carbons (Fsp3) is 0.333. The Morgan fingerprint density at radius 2 is 2.25 bits per heavy atom. The summed E-state index contributed by atoms with van der Waals surface area (Å²) in [6.07, 6.45) is 3.70. The molecule has 0 aromatic heterocycles. The first kappa shape index (κ1) is 12.4. The Morgan fingerprint density at radius 3 is 2.81 bits per heavy atom. The second kappa shape index (κ2) is 6.00. The number of hydrogen-bond acceptors (Lipinski definition) is 2. The lowest BCUT2D eigenvalue weighted by Crippen LogP contribution is -2.00. The molecule has 0 bridgehead atoms. The minimum Gasteiger partial charge on any atom is -0.396 e. The molecule has 4 heteroatoms. The number of unbranched alkanes of at least 4 members (excludes halogenated alkanes) is 1. The SMILES string of the molecule is CCC/C=N\C(=N/C)c1ccc(N)c(F)c1. The van der Waals surface area contributed by atoms with Crippen molar-refractivity contribution in [3.05, 3.63) is 29.6 Å². The van der Waals surface area contributed by atoms with Gasteiger partial charge in [-0.05, 0) is 24.6 Å². The third-order valence-corrected chi connectivity index (χ3v) is 2.10. The number of anilines is 1. The maximum atomic E-state index is 13.2. The minimum absolute atomic E-state index is 0.136. The average molecular weight is 221 g/mol. The highest BCUT2D eigenvalue weighted by Gasteiger charge is 2.04. The standard InChI is InChI=1S/C12H16FN3/c1-3-4-7-16-12(15-2)9-5-6-11(14)10(13)8-9/h5-8H,3-4,14H2,1-2H3/b15-12-,16-7-. The van der Waals surface area contributed by atoms with Gasteiger partial charge in [0.05, 0.1) is 5.69 Å². The first-order chi connectivity index (χ1) is 7.69. The molecule has 0 aliphatic heterocycles. The Kier molecular flexibility index (Phi) is 4.64. The third kappa shape index (κ3) is 3.15. The van der Waals surface area contributed by atoms with Crippen LogP contribution in [0, 0.1) is 5.82 Å². The van der Waals surface area contributed by atoms with Crippen LogP contribution in [0.1, 0.15) is 25.3 Å². The molecule has 0 aliphatic carbocycles. The molecule has 1 aromatic carbocycles. The average Bonchev–Trinajstić information content (AvgIpc) is 2.29. The van der Waals surface area contributed by atoms with Crippen LogP contribution in [0.15, 0.2) is 28.2 Å². The minimum atomic E-state index is -0.440. The van der Waals surface area contributed by atoms with Gasteiger partial charge in [0.15, 0.2) is 5.84 Å². The molecule has 0 atom stereocenters. The van der Waals surface area contributed by atoms with Crippen LogP contribution in [-0.4, -0.2) is 19.1 Å². The monoisotopic (exact) mass is 221 g/mol. The van der Waals surface area contributed by atoms with Gasteiger partial charge in [0.25, 0.3) is 0 Å². The summed E-state index contributed by atoms with van der Waals surface area (Å²) in [5.74, 6) is 0.0803. The predicted molar refractivity (Wildman–Crippen MR) is 66.7 cm³/mol. The predicted octanol–water partition coefficient (Wildman–Crippen LogP) is 2.66. The second-order valence-corrected chi connectivity index (χ2v) is 3.38. The van der Waals surface area contributed by atoms with Crippen molar-refractivity contribution in [3.8, 4) is 0 Å². The summed E-state index contributed by atoms with van der Waals surface area (Å²) in [4.78, 5) is 8.20. The molecule has 0 saturated heterocycles. The smallest absolute Gasteiger partial charge is 0.154 e. The quantitative estimate of drug-likeness (QED) is 0.476. The number of hydrogen-bond donors (Lipinski definition) is 1. The number of nitrogens with two attached hydrogens (primary N) is 1. The number of amidine groups is 1. The summed E-state index contributed by atoms with van der Waals surface area (Å²) in [5, 5.41) is 0. The van der Waals surface area contributed by atoms with Crippen molar-refractivity contribution in [1.82, 2.24) is 0 Å². The Labute approximate surface area is 94.9 Å². The van der Waals surface area contributed by atoms with Crippen molar-refractivity contribution >= 4 is 17.7 Å². The lowest BCUT2D eigenvalue weighted by Gasteiger charge is -2.02. The normalized spacial score (nSPS) is 12.3. The molecule has 2 N–H and O–H groups in total. The molecule has 0 aliphatic rings.